The van der Waals surface area contributed by atoms with E-state index in [-0.39, 0.29) is 6.10 Å². The first-order valence-corrected chi connectivity index (χ1v) is 13.5. The Hall–Kier alpha value is -0.0800. The van der Waals surface area contributed by atoms with Crippen LogP contribution in [0, 0.1) is 58.2 Å². The molecule has 1 N–H and O–H groups in total. The monoisotopic (exact) mass is 416 g/mol. The summed E-state index contributed by atoms with van der Waals surface area (Å²) in [5.74, 6) is 6.57. The molecule has 1 heterocycles. The summed E-state index contributed by atoms with van der Waals surface area (Å²) in [5, 5.41) is 10.3. The summed E-state index contributed by atoms with van der Waals surface area (Å²) in [6, 6.07) is 0. The van der Waals surface area contributed by atoms with Gasteiger partial charge in [-0.25, -0.2) is 0 Å². The number of hydrogen-bond donors (Lipinski definition) is 1. The van der Waals surface area contributed by atoms with Gasteiger partial charge >= 0.3 is 0 Å². The van der Waals surface area contributed by atoms with Crippen LogP contribution in [0.2, 0.25) is 0 Å². The van der Waals surface area contributed by atoms with Crippen molar-refractivity contribution in [2.45, 2.75) is 118 Å². The SMILES string of the molecule is CC(C)C(C)C1OC1[C@@H](C)[C@H]1CC[C@H]2[C@@H]3CC[C@@H]4C[C@@H](O)CC[C@]4(C)[C@H]3CC[C@]12C. The highest BCUT2D eigenvalue weighted by Crippen LogP contribution is 2.68. The Labute approximate surface area is 185 Å². The number of epoxide rings is 1. The van der Waals surface area contributed by atoms with E-state index in [2.05, 4.69) is 41.5 Å². The minimum absolute atomic E-state index is 0.0232. The van der Waals surface area contributed by atoms with E-state index in [4.69, 9.17) is 4.74 Å². The van der Waals surface area contributed by atoms with Gasteiger partial charge in [0.25, 0.3) is 0 Å². The third-order valence-electron chi connectivity index (χ3n) is 12.0. The molecule has 3 unspecified atom stereocenters. The van der Waals surface area contributed by atoms with Crippen LogP contribution in [-0.4, -0.2) is 23.4 Å². The van der Waals surface area contributed by atoms with Gasteiger partial charge in [-0.2, -0.15) is 0 Å². The molecule has 4 aliphatic carbocycles. The molecule has 5 aliphatic rings. The van der Waals surface area contributed by atoms with Gasteiger partial charge in [-0.15, -0.1) is 0 Å². The lowest BCUT2D eigenvalue weighted by atomic mass is 9.44. The van der Waals surface area contributed by atoms with Gasteiger partial charge in [0.1, 0.15) is 0 Å². The van der Waals surface area contributed by atoms with Gasteiger partial charge in [0.05, 0.1) is 18.3 Å². The van der Waals surface area contributed by atoms with Crippen LogP contribution in [0.25, 0.3) is 0 Å². The van der Waals surface area contributed by atoms with E-state index in [1.54, 1.807) is 0 Å². The highest BCUT2D eigenvalue weighted by atomic mass is 16.6. The Morgan fingerprint density at radius 2 is 1.50 bits per heavy atom. The van der Waals surface area contributed by atoms with Crippen molar-refractivity contribution in [2.24, 2.45) is 58.2 Å². The van der Waals surface area contributed by atoms with Crippen molar-refractivity contribution in [2.75, 3.05) is 0 Å². The van der Waals surface area contributed by atoms with Gasteiger partial charge in [0.15, 0.2) is 0 Å². The molecule has 2 heteroatoms. The van der Waals surface area contributed by atoms with Crippen molar-refractivity contribution < 1.29 is 9.84 Å². The lowest BCUT2D eigenvalue weighted by molar-refractivity contribution is -0.129. The standard InChI is InChI=1S/C28H48O2/c1-16(2)17(3)25-26(30-25)18(4)22-9-10-23-21-8-7-19-15-20(29)11-13-27(19,5)24(21)12-14-28(22,23)6/h16-26,29H,7-15H2,1-6H3/t17?,18-,19+,20-,21-,22+,23-,24-,25?,26?,27-,28+/m0/s1. The zero-order valence-corrected chi connectivity index (χ0v) is 20.6. The molecule has 5 rings (SSSR count). The second kappa shape index (κ2) is 7.47. The van der Waals surface area contributed by atoms with Crippen molar-refractivity contribution in [3.8, 4) is 0 Å². The smallest absolute Gasteiger partial charge is 0.0873 e. The average Bonchev–Trinajstić information content (AvgIpc) is 3.42. The summed E-state index contributed by atoms with van der Waals surface area (Å²) in [4.78, 5) is 0. The van der Waals surface area contributed by atoms with Crippen molar-refractivity contribution in [3.63, 3.8) is 0 Å². The second-order valence-electron chi connectivity index (χ2n) is 13.3. The summed E-state index contributed by atoms with van der Waals surface area (Å²) >= 11 is 0. The number of ether oxygens (including phenoxy) is 1. The highest BCUT2D eigenvalue weighted by molar-refractivity contribution is 5.11. The Kier molecular flexibility index (Phi) is 5.42. The van der Waals surface area contributed by atoms with Gasteiger partial charge in [0, 0.05) is 0 Å². The third-order valence-corrected chi connectivity index (χ3v) is 12.0. The number of rotatable bonds is 4. The normalized spacial score (nSPS) is 54.8. The Bertz CT molecular complexity index is 645. The molecular weight excluding hydrogens is 368 g/mol. The molecule has 0 aromatic carbocycles. The van der Waals surface area contributed by atoms with Gasteiger partial charge in [0.2, 0.25) is 0 Å². The fourth-order valence-corrected chi connectivity index (χ4v) is 9.73. The van der Waals surface area contributed by atoms with E-state index >= 15 is 0 Å². The van der Waals surface area contributed by atoms with Crippen LogP contribution in [0.15, 0.2) is 0 Å². The highest BCUT2D eigenvalue weighted by Gasteiger charge is 2.62. The largest absolute Gasteiger partial charge is 0.393 e. The maximum absolute atomic E-state index is 10.3. The number of aliphatic hydroxyl groups excluding tert-OH is 1. The number of fused-ring (bicyclic) bond motifs is 5. The predicted octanol–water partition coefficient (Wildman–Crippen LogP) is 6.70. The topological polar surface area (TPSA) is 32.8 Å². The Morgan fingerprint density at radius 3 is 2.23 bits per heavy atom. The molecule has 5 fully saturated rings. The van der Waals surface area contributed by atoms with Crippen molar-refractivity contribution >= 4 is 0 Å². The zero-order valence-electron chi connectivity index (χ0n) is 20.6. The van der Waals surface area contributed by atoms with Crippen LogP contribution >= 0.6 is 0 Å². The molecule has 1 aliphatic heterocycles. The van der Waals surface area contributed by atoms with Crippen LogP contribution < -0.4 is 0 Å². The van der Waals surface area contributed by atoms with E-state index in [0.29, 0.717) is 29.0 Å². The number of hydrogen-bond acceptors (Lipinski definition) is 2. The maximum atomic E-state index is 10.3. The third kappa shape index (κ3) is 3.17. The van der Waals surface area contributed by atoms with E-state index in [9.17, 15) is 5.11 Å². The second-order valence-corrected chi connectivity index (χ2v) is 13.3. The molecule has 0 bridgehead atoms. The van der Waals surface area contributed by atoms with Crippen LogP contribution in [0.4, 0.5) is 0 Å². The van der Waals surface area contributed by atoms with Gasteiger partial charge in [-0.05, 0) is 116 Å². The van der Waals surface area contributed by atoms with Crippen molar-refractivity contribution in [1.29, 1.82) is 0 Å². The average molecular weight is 417 g/mol. The van der Waals surface area contributed by atoms with Crippen LogP contribution in [0.3, 0.4) is 0 Å². The van der Waals surface area contributed by atoms with Crippen molar-refractivity contribution in [3.05, 3.63) is 0 Å². The summed E-state index contributed by atoms with van der Waals surface area (Å²) in [7, 11) is 0. The van der Waals surface area contributed by atoms with Crippen LogP contribution in [-0.2, 0) is 4.74 Å². The molecule has 1 saturated heterocycles. The molecule has 0 amide bonds. The molecular formula is C28H48O2. The molecule has 0 radical (unpaired) electrons. The molecule has 30 heavy (non-hydrogen) atoms. The summed E-state index contributed by atoms with van der Waals surface area (Å²) in [6.45, 7) is 14.9. The van der Waals surface area contributed by atoms with Crippen LogP contribution in [0.1, 0.15) is 99.3 Å². The van der Waals surface area contributed by atoms with E-state index in [1.165, 1.54) is 44.9 Å². The minimum atomic E-state index is -0.0232. The zero-order chi connectivity index (χ0) is 21.4. The molecule has 12 atom stereocenters. The predicted molar refractivity (Wildman–Crippen MR) is 123 cm³/mol. The molecule has 0 aromatic rings. The van der Waals surface area contributed by atoms with Gasteiger partial charge < -0.3 is 9.84 Å². The quantitative estimate of drug-likeness (QED) is 0.517. The van der Waals surface area contributed by atoms with E-state index < -0.39 is 0 Å². The number of aliphatic hydroxyl groups is 1. The first-order chi connectivity index (χ1) is 14.2. The fourth-order valence-electron chi connectivity index (χ4n) is 9.73. The van der Waals surface area contributed by atoms with E-state index in [0.717, 1.165) is 54.3 Å². The summed E-state index contributed by atoms with van der Waals surface area (Å²) in [6.07, 6.45) is 13.0. The van der Waals surface area contributed by atoms with Gasteiger partial charge in [-0.1, -0.05) is 41.5 Å². The Balaban J connectivity index is 1.31. The first kappa shape index (κ1) is 21.7. The lowest BCUT2D eigenvalue weighted by Gasteiger charge is -2.61. The molecule has 4 saturated carbocycles. The summed E-state index contributed by atoms with van der Waals surface area (Å²) in [5.41, 5.74) is 1.04. The molecule has 0 spiro atoms. The fraction of sp³-hybridized carbons (Fsp3) is 1.00. The lowest BCUT2D eigenvalue weighted by Crippen LogP contribution is -2.54. The summed E-state index contributed by atoms with van der Waals surface area (Å²) < 4.78 is 6.32. The van der Waals surface area contributed by atoms with Gasteiger partial charge in [-0.3, -0.25) is 0 Å². The molecule has 2 nitrogen and oxygen atoms in total. The molecule has 172 valence electrons. The molecule has 0 aromatic heterocycles. The van der Waals surface area contributed by atoms with Crippen molar-refractivity contribution in [1.82, 2.24) is 0 Å². The van der Waals surface area contributed by atoms with Crippen LogP contribution in [0.5, 0.6) is 0 Å². The minimum Gasteiger partial charge on any atom is -0.393 e. The first-order valence-electron chi connectivity index (χ1n) is 13.5. The Morgan fingerprint density at radius 1 is 0.800 bits per heavy atom. The van der Waals surface area contributed by atoms with E-state index in [1.807, 2.05) is 0 Å². The maximum Gasteiger partial charge on any atom is 0.0873 e.